The molecule has 0 saturated heterocycles. The number of hydrogen-bond donors (Lipinski definition) is 1. The van der Waals surface area contributed by atoms with Crippen molar-refractivity contribution in [1.29, 1.82) is 0 Å². The Bertz CT molecular complexity index is 893. The summed E-state index contributed by atoms with van der Waals surface area (Å²) in [6.07, 6.45) is 5.14. The van der Waals surface area contributed by atoms with Crippen molar-refractivity contribution >= 4 is 22.6 Å². The van der Waals surface area contributed by atoms with E-state index in [4.69, 9.17) is 9.47 Å². The molecule has 1 N–H and O–H groups in total. The molecular weight excluding hydrogens is 354 g/mol. The number of hydrogen-bond acceptors (Lipinski definition) is 4. The molecule has 2 bridgehead atoms. The number of esters is 1. The molecule has 5 heteroatoms. The molecule has 5 nitrogen and oxygen atoms in total. The lowest BCUT2D eigenvalue weighted by Crippen LogP contribution is -2.42. The van der Waals surface area contributed by atoms with Gasteiger partial charge in [0.1, 0.15) is 11.3 Å². The highest BCUT2D eigenvalue weighted by Crippen LogP contribution is 2.49. The maximum Gasteiger partial charge on any atom is 0.342 e. The van der Waals surface area contributed by atoms with Crippen molar-refractivity contribution in [2.75, 3.05) is 13.7 Å². The number of carbonyl (C=O) groups excluding carboxylic acids is 2. The maximum absolute atomic E-state index is 12.5. The zero-order valence-corrected chi connectivity index (χ0v) is 16.4. The Morgan fingerprint density at radius 1 is 1.14 bits per heavy atom. The summed E-state index contributed by atoms with van der Waals surface area (Å²) in [5.74, 6) is 1.78. The number of rotatable bonds is 6. The van der Waals surface area contributed by atoms with Crippen molar-refractivity contribution in [3.8, 4) is 5.75 Å². The third-order valence-electron chi connectivity index (χ3n) is 6.45. The Balaban J connectivity index is 1.36. The lowest BCUT2D eigenvalue weighted by molar-refractivity contribution is -0.125. The first-order valence-electron chi connectivity index (χ1n) is 10.1. The third-order valence-corrected chi connectivity index (χ3v) is 6.45. The average molecular weight is 381 g/mol. The van der Waals surface area contributed by atoms with Gasteiger partial charge in [-0.25, -0.2) is 4.79 Å². The van der Waals surface area contributed by atoms with Crippen molar-refractivity contribution < 1.29 is 19.1 Å². The van der Waals surface area contributed by atoms with Crippen LogP contribution in [0.1, 0.15) is 43.0 Å². The standard InChI is InChI=1S/C23H27NO4/c1-14(19-10-15-7-8-18(19)9-15)24-22(25)13-28-23(26)20-11-16-5-3-4-6-17(16)12-21(20)27-2/h3-6,11-12,14-15,18-19H,7-10,13H2,1-2H3,(H,24,25)/t14-,15+,18-,19+/m1/s1. The van der Waals surface area contributed by atoms with Gasteiger partial charge in [0.2, 0.25) is 0 Å². The number of benzene rings is 2. The van der Waals surface area contributed by atoms with E-state index in [1.807, 2.05) is 30.3 Å². The molecule has 0 heterocycles. The average Bonchev–Trinajstić information content (AvgIpc) is 3.34. The Kier molecular flexibility index (Phi) is 5.25. The molecule has 2 aliphatic rings. The van der Waals surface area contributed by atoms with Crippen LogP contribution in [0.4, 0.5) is 0 Å². The second-order valence-corrected chi connectivity index (χ2v) is 8.17. The monoisotopic (exact) mass is 381 g/mol. The molecule has 2 saturated carbocycles. The normalized spacial score (nSPS) is 24.1. The van der Waals surface area contributed by atoms with Gasteiger partial charge in [0.15, 0.2) is 6.61 Å². The van der Waals surface area contributed by atoms with Crippen LogP contribution in [0.3, 0.4) is 0 Å². The fourth-order valence-corrected chi connectivity index (χ4v) is 5.07. The highest BCUT2D eigenvalue weighted by molar-refractivity contribution is 5.99. The molecule has 4 rings (SSSR count). The molecule has 148 valence electrons. The molecular formula is C23H27NO4. The van der Waals surface area contributed by atoms with Crippen LogP contribution in [0.25, 0.3) is 10.8 Å². The summed E-state index contributed by atoms with van der Waals surface area (Å²) in [5.41, 5.74) is 0.329. The van der Waals surface area contributed by atoms with E-state index in [0.29, 0.717) is 17.2 Å². The molecule has 2 aromatic rings. The predicted octanol–water partition coefficient (Wildman–Crippen LogP) is 3.95. The Labute approximate surface area is 165 Å². The number of amides is 1. The van der Waals surface area contributed by atoms with Crippen LogP contribution in [-0.2, 0) is 9.53 Å². The van der Waals surface area contributed by atoms with Crippen molar-refractivity contribution in [3.05, 3.63) is 42.0 Å². The zero-order chi connectivity index (χ0) is 19.7. The van der Waals surface area contributed by atoms with Crippen LogP contribution in [-0.4, -0.2) is 31.6 Å². The van der Waals surface area contributed by atoms with Crippen LogP contribution >= 0.6 is 0 Å². The summed E-state index contributed by atoms with van der Waals surface area (Å²) in [4.78, 5) is 24.8. The van der Waals surface area contributed by atoms with Crippen molar-refractivity contribution in [1.82, 2.24) is 5.32 Å². The highest BCUT2D eigenvalue weighted by Gasteiger charge is 2.42. The SMILES string of the molecule is COc1cc2ccccc2cc1C(=O)OCC(=O)N[C@H](C)[C@@H]1C[C@H]2CC[C@@H]1C2. The van der Waals surface area contributed by atoms with E-state index >= 15 is 0 Å². The van der Waals surface area contributed by atoms with Gasteiger partial charge in [-0.1, -0.05) is 30.7 Å². The van der Waals surface area contributed by atoms with Gasteiger partial charge in [-0.2, -0.15) is 0 Å². The summed E-state index contributed by atoms with van der Waals surface area (Å²) < 4.78 is 10.6. The number of fused-ring (bicyclic) bond motifs is 3. The van der Waals surface area contributed by atoms with Gasteiger partial charge in [0.05, 0.1) is 7.11 Å². The summed E-state index contributed by atoms with van der Waals surface area (Å²) in [5, 5.41) is 4.93. The smallest absolute Gasteiger partial charge is 0.342 e. The van der Waals surface area contributed by atoms with E-state index in [-0.39, 0.29) is 18.6 Å². The summed E-state index contributed by atoms with van der Waals surface area (Å²) >= 11 is 0. The highest BCUT2D eigenvalue weighted by atomic mass is 16.5. The Morgan fingerprint density at radius 2 is 1.89 bits per heavy atom. The second-order valence-electron chi connectivity index (χ2n) is 8.17. The van der Waals surface area contributed by atoms with Crippen molar-refractivity contribution in [2.45, 2.75) is 38.6 Å². The lowest BCUT2D eigenvalue weighted by atomic mass is 9.84. The molecule has 28 heavy (non-hydrogen) atoms. The molecule has 0 radical (unpaired) electrons. The Morgan fingerprint density at radius 3 is 2.54 bits per heavy atom. The fourth-order valence-electron chi connectivity index (χ4n) is 5.07. The van der Waals surface area contributed by atoms with E-state index in [9.17, 15) is 9.59 Å². The van der Waals surface area contributed by atoms with Crippen LogP contribution in [0.15, 0.2) is 36.4 Å². The second kappa shape index (κ2) is 7.82. The first-order valence-corrected chi connectivity index (χ1v) is 10.1. The van der Waals surface area contributed by atoms with Gasteiger partial charge in [0, 0.05) is 6.04 Å². The molecule has 1 amide bonds. The van der Waals surface area contributed by atoms with Gasteiger partial charge in [-0.3, -0.25) is 4.79 Å². The number of ether oxygens (including phenoxy) is 2. The molecule has 2 fully saturated rings. The first-order chi connectivity index (χ1) is 13.5. The van der Waals surface area contributed by atoms with E-state index in [0.717, 1.165) is 22.6 Å². The van der Waals surface area contributed by atoms with E-state index in [1.54, 1.807) is 6.07 Å². The zero-order valence-electron chi connectivity index (χ0n) is 16.4. The van der Waals surface area contributed by atoms with Crippen LogP contribution < -0.4 is 10.1 Å². The van der Waals surface area contributed by atoms with Gasteiger partial charge in [-0.05, 0) is 66.8 Å². The third kappa shape index (κ3) is 3.71. The largest absolute Gasteiger partial charge is 0.496 e. The van der Waals surface area contributed by atoms with Crippen molar-refractivity contribution in [3.63, 3.8) is 0 Å². The van der Waals surface area contributed by atoms with Gasteiger partial charge in [-0.15, -0.1) is 0 Å². The molecule has 0 spiro atoms. The molecule has 0 unspecified atom stereocenters. The Hall–Kier alpha value is -2.56. The summed E-state index contributed by atoms with van der Waals surface area (Å²) in [7, 11) is 1.52. The fraction of sp³-hybridized carbons (Fsp3) is 0.478. The molecule has 0 aliphatic heterocycles. The number of carbonyl (C=O) groups is 2. The lowest BCUT2D eigenvalue weighted by Gasteiger charge is -2.28. The summed E-state index contributed by atoms with van der Waals surface area (Å²) in [6, 6.07) is 11.4. The van der Waals surface area contributed by atoms with Gasteiger partial charge in [0.25, 0.3) is 5.91 Å². The van der Waals surface area contributed by atoms with Crippen LogP contribution in [0, 0.1) is 17.8 Å². The topological polar surface area (TPSA) is 64.6 Å². The first kappa shape index (κ1) is 18.8. The number of nitrogens with one attached hydrogen (secondary N) is 1. The molecule has 0 aromatic heterocycles. The molecule has 2 aliphatic carbocycles. The molecule has 2 aromatic carbocycles. The van der Waals surface area contributed by atoms with Crippen LogP contribution in [0.5, 0.6) is 5.75 Å². The van der Waals surface area contributed by atoms with Gasteiger partial charge < -0.3 is 14.8 Å². The van der Waals surface area contributed by atoms with Gasteiger partial charge >= 0.3 is 5.97 Å². The minimum atomic E-state index is -0.551. The molecule has 4 atom stereocenters. The maximum atomic E-state index is 12.5. The van der Waals surface area contributed by atoms with E-state index < -0.39 is 5.97 Å². The van der Waals surface area contributed by atoms with Crippen LogP contribution in [0.2, 0.25) is 0 Å². The van der Waals surface area contributed by atoms with Crippen molar-refractivity contribution in [2.24, 2.45) is 17.8 Å². The minimum absolute atomic E-state index is 0.122. The predicted molar refractivity (Wildman–Crippen MR) is 107 cm³/mol. The number of methoxy groups -OCH3 is 1. The van der Waals surface area contributed by atoms with E-state index in [1.165, 1.54) is 32.8 Å². The quantitative estimate of drug-likeness (QED) is 0.770. The minimum Gasteiger partial charge on any atom is -0.496 e. The van der Waals surface area contributed by atoms with E-state index in [2.05, 4.69) is 12.2 Å². The summed E-state index contributed by atoms with van der Waals surface area (Å²) in [6.45, 7) is 1.79.